The molecule has 4 heteroatoms. The number of cyclic esters (lactones) is 1. The largest absolute Gasteiger partial charge is 0.497 e. The van der Waals surface area contributed by atoms with Gasteiger partial charge in [0, 0.05) is 5.56 Å². The van der Waals surface area contributed by atoms with Gasteiger partial charge in [0.15, 0.2) is 0 Å². The van der Waals surface area contributed by atoms with E-state index in [4.69, 9.17) is 9.47 Å². The van der Waals surface area contributed by atoms with Gasteiger partial charge in [0.05, 0.1) is 12.7 Å². The van der Waals surface area contributed by atoms with Gasteiger partial charge >= 0.3 is 5.97 Å². The first kappa shape index (κ1) is 21.1. The SMILES string of the molecule is CCCCCCCCCCCSCCC1OC(=O)c2ccc(OC)cc21. The van der Waals surface area contributed by atoms with Gasteiger partial charge in [-0.05, 0) is 42.5 Å². The molecular formula is C22H34O3S. The van der Waals surface area contributed by atoms with Crippen molar-refractivity contribution in [3.8, 4) is 5.75 Å². The van der Waals surface area contributed by atoms with Crippen molar-refractivity contribution in [3.05, 3.63) is 29.3 Å². The smallest absolute Gasteiger partial charge is 0.339 e. The molecular weight excluding hydrogens is 344 g/mol. The van der Waals surface area contributed by atoms with Crippen LogP contribution in [0.5, 0.6) is 5.75 Å². The molecule has 0 spiro atoms. The molecule has 3 nitrogen and oxygen atoms in total. The Morgan fingerprint density at radius 3 is 2.38 bits per heavy atom. The van der Waals surface area contributed by atoms with Crippen LogP contribution < -0.4 is 4.74 Å². The summed E-state index contributed by atoms with van der Waals surface area (Å²) in [4.78, 5) is 11.9. The number of carbonyl (C=O) groups excluding carboxylic acids is 1. The van der Waals surface area contributed by atoms with Crippen LogP contribution in [0.15, 0.2) is 18.2 Å². The second-order valence-corrected chi connectivity index (χ2v) is 8.30. The first-order valence-corrected chi connectivity index (χ1v) is 11.4. The van der Waals surface area contributed by atoms with Crippen molar-refractivity contribution < 1.29 is 14.3 Å². The first-order valence-electron chi connectivity index (χ1n) is 10.2. The Bertz CT molecular complexity index is 544. The van der Waals surface area contributed by atoms with Crippen LogP contribution in [0.3, 0.4) is 0 Å². The van der Waals surface area contributed by atoms with Gasteiger partial charge in [0.25, 0.3) is 0 Å². The van der Waals surface area contributed by atoms with E-state index in [0.29, 0.717) is 5.56 Å². The molecule has 26 heavy (non-hydrogen) atoms. The lowest BCUT2D eigenvalue weighted by molar-refractivity contribution is 0.0381. The predicted molar refractivity (Wildman–Crippen MR) is 110 cm³/mol. The van der Waals surface area contributed by atoms with Crippen LogP contribution in [0.25, 0.3) is 0 Å². The highest BCUT2D eigenvalue weighted by molar-refractivity contribution is 7.99. The van der Waals surface area contributed by atoms with Crippen molar-refractivity contribution in [1.29, 1.82) is 0 Å². The number of carbonyl (C=O) groups is 1. The summed E-state index contributed by atoms with van der Waals surface area (Å²) >= 11 is 1.98. The fourth-order valence-corrected chi connectivity index (χ4v) is 4.39. The number of ether oxygens (including phenoxy) is 2. The molecule has 0 amide bonds. The number of benzene rings is 1. The standard InChI is InChI=1S/C22H34O3S/c1-3-4-5-6-7-8-9-10-11-15-26-16-14-21-20-17-18(24-2)12-13-19(20)22(23)25-21/h12-13,17,21H,3-11,14-16H2,1-2H3. The number of esters is 1. The number of unbranched alkanes of at least 4 members (excludes halogenated alkanes) is 8. The van der Waals surface area contributed by atoms with Crippen molar-refractivity contribution in [2.45, 2.75) is 77.2 Å². The van der Waals surface area contributed by atoms with Crippen LogP contribution in [-0.2, 0) is 4.74 Å². The van der Waals surface area contributed by atoms with Crippen molar-refractivity contribution in [2.24, 2.45) is 0 Å². The molecule has 0 saturated carbocycles. The zero-order chi connectivity index (χ0) is 18.6. The fraction of sp³-hybridized carbons (Fsp3) is 0.682. The topological polar surface area (TPSA) is 35.5 Å². The van der Waals surface area contributed by atoms with E-state index in [1.807, 2.05) is 30.0 Å². The van der Waals surface area contributed by atoms with Gasteiger partial charge in [-0.2, -0.15) is 11.8 Å². The van der Waals surface area contributed by atoms with Gasteiger partial charge in [-0.25, -0.2) is 4.79 Å². The van der Waals surface area contributed by atoms with Gasteiger partial charge in [-0.3, -0.25) is 0 Å². The fourth-order valence-electron chi connectivity index (χ4n) is 3.40. The number of methoxy groups -OCH3 is 1. The van der Waals surface area contributed by atoms with Crippen LogP contribution in [0, 0.1) is 0 Å². The lowest BCUT2D eigenvalue weighted by atomic mass is 10.0. The summed E-state index contributed by atoms with van der Waals surface area (Å²) in [5.74, 6) is 2.83. The lowest BCUT2D eigenvalue weighted by Gasteiger charge is -2.11. The number of thioether (sulfide) groups is 1. The van der Waals surface area contributed by atoms with E-state index in [2.05, 4.69) is 6.92 Å². The maximum Gasteiger partial charge on any atom is 0.339 e. The minimum atomic E-state index is -0.198. The maximum absolute atomic E-state index is 11.9. The van der Waals surface area contributed by atoms with Gasteiger partial charge in [0.2, 0.25) is 0 Å². The van der Waals surface area contributed by atoms with Crippen molar-refractivity contribution in [1.82, 2.24) is 0 Å². The van der Waals surface area contributed by atoms with E-state index in [0.717, 1.165) is 23.5 Å². The number of hydrogen-bond donors (Lipinski definition) is 0. The normalized spacial score (nSPS) is 15.8. The van der Waals surface area contributed by atoms with E-state index in [1.54, 1.807) is 7.11 Å². The zero-order valence-corrected chi connectivity index (χ0v) is 17.2. The third-order valence-corrected chi connectivity index (χ3v) is 6.09. The third kappa shape index (κ3) is 6.86. The van der Waals surface area contributed by atoms with Crippen molar-refractivity contribution >= 4 is 17.7 Å². The molecule has 146 valence electrons. The summed E-state index contributed by atoms with van der Waals surface area (Å²) in [7, 11) is 1.65. The van der Waals surface area contributed by atoms with Gasteiger partial charge in [-0.15, -0.1) is 0 Å². The maximum atomic E-state index is 11.9. The first-order chi connectivity index (χ1) is 12.8. The van der Waals surface area contributed by atoms with Gasteiger partial charge < -0.3 is 9.47 Å². The summed E-state index contributed by atoms with van der Waals surface area (Å²) in [6.45, 7) is 2.27. The molecule has 0 N–H and O–H groups in total. The summed E-state index contributed by atoms with van der Waals surface area (Å²) in [6, 6.07) is 5.57. The molecule has 0 bridgehead atoms. The number of fused-ring (bicyclic) bond motifs is 1. The predicted octanol–water partition coefficient (Wildman–Crippen LogP) is 6.56. The van der Waals surface area contributed by atoms with E-state index in [-0.39, 0.29) is 12.1 Å². The molecule has 1 atom stereocenters. The molecule has 0 aromatic heterocycles. The van der Waals surface area contributed by atoms with Crippen molar-refractivity contribution in [2.75, 3.05) is 18.6 Å². The van der Waals surface area contributed by atoms with E-state index >= 15 is 0 Å². The molecule has 0 fully saturated rings. The van der Waals surface area contributed by atoms with Crippen LogP contribution in [-0.4, -0.2) is 24.6 Å². The molecule has 1 unspecified atom stereocenters. The minimum Gasteiger partial charge on any atom is -0.497 e. The molecule has 0 aliphatic carbocycles. The van der Waals surface area contributed by atoms with E-state index in [1.165, 1.54) is 63.5 Å². The van der Waals surface area contributed by atoms with Gasteiger partial charge in [-0.1, -0.05) is 58.3 Å². The Morgan fingerprint density at radius 2 is 1.69 bits per heavy atom. The molecule has 1 aromatic rings. The Labute approximate surface area is 163 Å². The number of rotatable bonds is 14. The highest BCUT2D eigenvalue weighted by Crippen LogP contribution is 2.36. The van der Waals surface area contributed by atoms with Crippen LogP contribution in [0.2, 0.25) is 0 Å². The molecule has 1 aliphatic rings. The monoisotopic (exact) mass is 378 g/mol. The van der Waals surface area contributed by atoms with Crippen molar-refractivity contribution in [3.63, 3.8) is 0 Å². The molecule has 0 radical (unpaired) electrons. The average molecular weight is 379 g/mol. The van der Waals surface area contributed by atoms with Crippen LogP contribution in [0.1, 0.15) is 93.2 Å². The summed E-state index contributed by atoms with van der Waals surface area (Å²) in [5.41, 5.74) is 1.68. The average Bonchev–Trinajstić information content (AvgIpc) is 2.97. The number of hydrogen-bond acceptors (Lipinski definition) is 4. The molecule has 2 rings (SSSR count). The Morgan fingerprint density at radius 1 is 1.00 bits per heavy atom. The van der Waals surface area contributed by atoms with Gasteiger partial charge in [0.1, 0.15) is 11.9 Å². The minimum absolute atomic E-state index is 0.108. The Kier molecular flexibility index (Phi) is 9.98. The summed E-state index contributed by atoms with van der Waals surface area (Å²) in [6.07, 6.45) is 13.1. The summed E-state index contributed by atoms with van der Waals surface area (Å²) < 4.78 is 10.8. The second kappa shape index (κ2) is 12.3. The van der Waals surface area contributed by atoms with E-state index in [9.17, 15) is 4.79 Å². The highest BCUT2D eigenvalue weighted by atomic mass is 32.2. The van der Waals surface area contributed by atoms with Crippen LogP contribution >= 0.6 is 11.8 Å². The Hall–Kier alpha value is -1.16. The highest BCUT2D eigenvalue weighted by Gasteiger charge is 2.30. The zero-order valence-electron chi connectivity index (χ0n) is 16.4. The molecule has 1 aliphatic heterocycles. The van der Waals surface area contributed by atoms with Crippen LogP contribution in [0.4, 0.5) is 0 Å². The second-order valence-electron chi connectivity index (χ2n) is 7.08. The third-order valence-electron chi connectivity index (χ3n) is 4.99. The molecule has 1 aromatic carbocycles. The molecule has 1 heterocycles. The lowest BCUT2D eigenvalue weighted by Crippen LogP contribution is -2.00. The summed E-state index contributed by atoms with van der Waals surface area (Å²) in [5, 5.41) is 0. The Balaban J connectivity index is 1.53. The molecule has 0 saturated heterocycles. The quantitative estimate of drug-likeness (QED) is 0.271. The van der Waals surface area contributed by atoms with E-state index < -0.39 is 0 Å².